The maximum absolute atomic E-state index is 14.1. The molecule has 4 amide bonds. The number of aliphatic hydroxyl groups is 1. The fourth-order valence-corrected chi connectivity index (χ4v) is 6.21. The van der Waals surface area contributed by atoms with Crippen LogP contribution in [0.15, 0.2) is 11.6 Å². The summed E-state index contributed by atoms with van der Waals surface area (Å²) in [4.78, 5) is 59.6. The van der Waals surface area contributed by atoms with E-state index in [-0.39, 0.29) is 61.5 Å². The molecule has 4 atom stereocenters. The van der Waals surface area contributed by atoms with Crippen LogP contribution in [-0.2, 0) is 23.9 Å². The summed E-state index contributed by atoms with van der Waals surface area (Å²) in [7, 11) is 1.73. The predicted octanol–water partition coefficient (Wildman–Crippen LogP) is 2.33. The van der Waals surface area contributed by atoms with E-state index < -0.39 is 23.5 Å². The van der Waals surface area contributed by atoms with Gasteiger partial charge in [-0.15, -0.1) is 0 Å². The lowest BCUT2D eigenvalue weighted by molar-refractivity contribution is -0.142. The molecule has 0 aliphatic carbocycles. The highest BCUT2D eigenvalue weighted by Crippen LogP contribution is 2.26. The number of carbonyl (C=O) groups is 4. The van der Waals surface area contributed by atoms with E-state index in [1.807, 2.05) is 40.7 Å². The summed E-state index contributed by atoms with van der Waals surface area (Å²) >= 11 is 0. The van der Waals surface area contributed by atoms with Crippen LogP contribution in [0.5, 0.6) is 0 Å². The molecule has 2 saturated heterocycles. The van der Waals surface area contributed by atoms with Crippen molar-refractivity contribution in [2.45, 2.75) is 118 Å². The van der Waals surface area contributed by atoms with Gasteiger partial charge in [0.1, 0.15) is 12.1 Å². The average Bonchev–Trinajstić information content (AvgIpc) is 3.46. The van der Waals surface area contributed by atoms with Crippen molar-refractivity contribution in [3.05, 3.63) is 11.6 Å². The lowest BCUT2D eigenvalue weighted by Crippen LogP contribution is -2.60. The quantitative estimate of drug-likeness (QED) is 0.200. The number of amides is 4. The smallest absolute Gasteiger partial charge is 0.249 e. The first-order chi connectivity index (χ1) is 20.6. The van der Waals surface area contributed by atoms with Crippen molar-refractivity contribution in [2.24, 2.45) is 11.3 Å². The number of hydrogen-bond donors (Lipinski definition) is 3. The van der Waals surface area contributed by atoms with Gasteiger partial charge in [0.05, 0.1) is 31.9 Å². The van der Waals surface area contributed by atoms with Crippen LogP contribution in [0.1, 0.15) is 87.5 Å². The third-order valence-electron chi connectivity index (χ3n) is 8.74. The summed E-state index contributed by atoms with van der Waals surface area (Å²) in [5, 5.41) is 14.8. The van der Waals surface area contributed by atoms with Crippen LogP contribution in [0.25, 0.3) is 0 Å². The second kappa shape index (κ2) is 17.3. The number of rotatable bonds is 14. The van der Waals surface area contributed by atoms with E-state index in [9.17, 15) is 19.2 Å². The summed E-state index contributed by atoms with van der Waals surface area (Å²) in [6.45, 7) is 17.9. The fourth-order valence-electron chi connectivity index (χ4n) is 6.21. The summed E-state index contributed by atoms with van der Waals surface area (Å²) in [6.07, 6.45) is 5.96. The molecule has 0 aromatic carbocycles. The molecule has 2 heterocycles. The lowest BCUT2D eigenvalue weighted by Gasteiger charge is -2.41. The summed E-state index contributed by atoms with van der Waals surface area (Å²) in [6, 6.07) is -1.72. The first-order valence-electron chi connectivity index (χ1n) is 16.4. The number of likely N-dealkylation sites (tertiary alicyclic amines) is 2. The molecule has 1 unspecified atom stereocenters. The molecule has 3 N–H and O–H groups in total. The van der Waals surface area contributed by atoms with Crippen LogP contribution in [-0.4, -0.2) is 120 Å². The molecule has 11 heteroatoms. The van der Waals surface area contributed by atoms with Crippen molar-refractivity contribution in [3.8, 4) is 0 Å². The van der Waals surface area contributed by atoms with Gasteiger partial charge >= 0.3 is 0 Å². The third-order valence-corrected chi connectivity index (χ3v) is 8.74. The van der Waals surface area contributed by atoms with Gasteiger partial charge in [0, 0.05) is 31.8 Å². The van der Waals surface area contributed by atoms with E-state index >= 15 is 0 Å². The molecule has 0 spiro atoms. The van der Waals surface area contributed by atoms with Crippen LogP contribution in [0, 0.1) is 11.3 Å². The first kappa shape index (κ1) is 37.7. The Bertz CT molecular complexity index is 1010. The van der Waals surface area contributed by atoms with Crippen LogP contribution in [0.4, 0.5) is 0 Å². The highest BCUT2D eigenvalue weighted by molar-refractivity contribution is 5.97. The third kappa shape index (κ3) is 10.3. The van der Waals surface area contributed by atoms with Gasteiger partial charge in [-0.05, 0) is 64.3 Å². The Morgan fingerprint density at radius 2 is 1.64 bits per heavy atom. The second-order valence-corrected chi connectivity index (χ2v) is 14.0. The van der Waals surface area contributed by atoms with E-state index in [0.717, 1.165) is 32.2 Å². The molecule has 11 nitrogen and oxygen atoms in total. The SMILES string of the molecule is CC(=CC(C(C)C)N(C)C(=O)[C@@H](NC(=O)[C@H]1CCCCN1C(C)C)C(C)(C)C)C(=O)N1CCC[C@H]1C(=O)NCCOCCO. The van der Waals surface area contributed by atoms with E-state index in [4.69, 9.17) is 9.84 Å². The molecule has 2 fully saturated rings. The van der Waals surface area contributed by atoms with E-state index in [2.05, 4.69) is 29.4 Å². The van der Waals surface area contributed by atoms with Gasteiger partial charge in [0.15, 0.2) is 0 Å². The Balaban J connectivity index is 2.19. The Hall–Kier alpha value is -2.50. The van der Waals surface area contributed by atoms with Gasteiger partial charge in [-0.25, -0.2) is 0 Å². The molecule has 252 valence electrons. The number of nitrogens with one attached hydrogen (secondary N) is 2. The lowest BCUT2D eigenvalue weighted by atomic mass is 9.84. The number of likely N-dealkylation sites (N-methyl/N-ethyl adjacent to an activating group) is 1. The number of nitrogens with zero attached hydrogens (tertiary/aromatic N) is 3. The van der Waals surface area contributed by atoms with Crippen molar-refractivity contribution in [1.82, 2.24) is 25.3 Å². The number of hydrogen-bond acceptors (Lipinski definition) is 7. The van der Waals surface area contributed by atoms with Crippen LogP contribution >= 0.6 is 0 Å². The molecule has 0 aromatic heterocycles. The zero-order valence-corrected chi connectivity index (χ0v) is 28.6. The Labute approximate surface area is 265 Å². The zero-order valence-electron chi connectivity index (χ0n) is 28.6. The van der Waals surface area contributed by atoms with Crippen LogP contribution in [0.2, 0.25) is 0 Å². The molecule has 2 rings (SSSR count). The van der Waals surface area contributed by atoms with Crippen LogP contribution in [0.3, 0.4) is 0 Å². The molecule has 0 saturated carbocycles. The van der Waals surface area contributed by atoms with Crippen molar-refractivity contribution >= 4 is 23.6 Å². The van der Waals surface area contributed by atoms with Gasteiger partial charge in [0.25, 0.3) is 0 Å². The molecule has 0 aromatic rings. The van der Waals surface area contributed by atoms with E-state index in [0.29, 0.717) is 25.1 Å². The van der Waals surface area contributed by atoms with Gasteiger partial charge in [0.2, 0.25) is 23.6 Å². The van der Waals surface area contributed by atoms with Gasteiger partial charge in [-0.2, -0.15) is 0 Å². The highest BCUT2D eigenvalue weighted by Gasteiger charge is 2.40. The highest BCUT2D eigenvalue weighted by atomic mass is 16.5. The van der Waals surface area contributed by atoms with Gasteiger partial charge < -0.3 is 30.3 Å². The maximum Gasteiger partial charge on any atom is 0.249 e. The monoisotopic (exact) mass is 621 g/mol. The number of ether oxygens (including phenoxy) is 1. The fraction of sp³-hybridized carbons (Fsp3) is 0.818. The molecule has 0 radical (unpaired) electrons. The molecule has 44 heavy (non-hydrogen) atoms. The Morgan fingerprint density at radius 3 is 2.23 bits per heavy atom. The van der Waals surface area contributed by atoms with E-state index in [1.165, 1.54) is 0 Å². The minimum atomic E-state index is -0.741. The average molecular weight is 622 g/mol. The van der Waals surface area contributed by atoms with Crippen molar-refractivity contribution < 1.29 is 29.0 Å². The first-order valence-corrected chi connectivity index (χ1v) is 16.4. The number of piperidine rings is 1. The van der Waals surface area contributed by atoms with Crippen molar-refractivity contribution in [2.75, 3.05) is 46.5 Å². The molecular formula is C33H59N5O6. The minimum Gasteiger partial charge on any atom is -0.394 e. The van der Waals surface area contributed by atoms with Gasteiger partial charge in [-0.3, -0.25) is 24.1 Å². The zero-order chi connectivity index (χ0) is 33.2. The van der Waals surface area contributed by atoms with Crippen molar-refractivity contribution in [1.29, 1.82) is 0 Å². The summed E-state index contributed by atoms with van der Waals surface area (Å²) in [5.74, 6) is -0.760. The summed E-state index contributed by atoms with van der Waals surface area (Å²) in [5.41, 5.74) is -0.0614. The maximum atomic E-state index is 14.1. The van der Waals surface area contributed by atoms with Crippen molar-refractivity contribution in [3.63, 3.8) is 0 Å². The number of aliphatic hydroxyl groups excluding tert-OH is 1. The van der Waals surface area contributed by atoms with E-state index in [1.54, 1.807) is 23.8 Å². The predicted molar refractivity (Wildman–Crippen MR) is 172 cm³/mol. The molecular weight excluding hydrogens is 562 g/mol. The topological polar surface area (TPSA) is 132 Å². The number of carbonyl (C=O) groups excluding carboxylic acids is 4. The molecule has 2 aliphatic rings. The Morgan fingerprint density at radius 1 is 0.977 bits per heavy atom. The summed E-state index contributed by atoms with van der Waals surface area (Å²) < 4.78 is 5.21. The van der Waals surface area contributed by atoms with Crippen LogP contribution < -0.4 is 10.6 Å². The normalized spacial score (nSPS) is 21.4. The largest absolute Gasteiger partial charge is 0.394 e. The molecule has 2 aliphatic heterocycles. The second-order valence-electron chi connectivity index (χ2n) is 14.0. The van der Waals surface area contributed by atoms with Gasteiger partial charge in [-0.1, -0.05) is 47.1 Å². The standard InChI is InChI=1S/C33H59N5O6/c1-22(2)27(21-24(5)31(42)38-17-12-14-25(38)29(40)34-15-19-44-20-18-39)36(9)32(43)28(33(6,7)8)35-30(41)26-13-10-11-16-37(26)23(3)4/h21-23,25-28,39H,10-20H2,1-9H3,(H,34,40)(H,35,41)/t25-,26+,27?,28+/m0/s1. The Kier molecular flexibility index (Phi) is 14.8. The molecule has 0 bridgehead atoms. The minimum absolute atomic E-state index is 0.00519.